The zero-order valence-electron chi connectivity index (χ0n) is 4.10. The number of hydrogen-bond donors (Lipinski definition) is 2. The average Bonchev–Trinajstić information content (AvgIpc) is 1.65. The minimum Gasteiger partial charge on any atom is -0.380 e. The molecule has 0 saturated carbocycles. The fraction of sp³-hybridized carbons (Fsp3) is 1.00. The predicted molar refractivity (Wildman–Crippen MR) is 23.9 cm³/mol. The van der Waals surface area contributed by atoms with Gasteiger partial charge in [-0.05, 0) is 7.05 Å². The highest BCUT2D eigenvalue weighted by Crippen LogP contribution is 1.60. The molecule has 0 unspecified atom stereocenters. The lowest BCUT2D eigenvalue weighted by Crippen LogP contribution is -2.31. The van der Waals surface area contributed by atoms with Gasteiger partial charge in [0.1, 0.15) is 6.73 Å². The van der Waals surface area contributed by atoms with Crippen molar-refractivity contribution in [3.05, 3.63) is 0 Å². The van der Waals surface area contributed by atoms with Crippen molar-refractivity contribution in [3.8, 4) is 0 Å². The maximum atomic E-state index is 8.20. The highest BCUT2D eigenvalue weighted by atomic mass is 16.3. The maximum Gasteiger partial charge on any atom is 0.108 e. The summed E-state index contributed by atoms with van der Waals surface area (Å²) in [6.07, 6.45) is 0. The van der Waals surface area contributed by atoms with E-state index in [4.69, 9.17) is 5.11 Å². The molecule has 0 bridgehead atoms. The Morgan fingerprint density at radius 1 is 1.83 bits per heavy atom. The zero-order chi connectivity index (χ0) is 4.99. The van der Waals surface area contributed by atoms with Crippen LogP contribution >= 0.6 is 0 Å². The molecule has 6 heavy (non-hydrogen) atoms. The number of aliphatic hydroxyl groups is 1. The molecule has 0 rings (SSSR count). The van der Waals surface area contributed by atoms with Crippen LogP contribution in [0.4, 0.5) is 0 Å². The van der Waals surface area contributed by atoms with Crippen LogP contribution in [0.5, 0.6) is 0 Å². The summed E-state index contributed by atoms with van der Waals surface area (Å²) >= 11 is 0. The van der Waals surface area contributed by atoms with E-state index in [1.807, 2.05) is 0 Å². The van der Waals surface area contributed by atoms with Crippen LogP contribution in [0.3, 0.4) is 0 Å². The zero-order valence-corrected chi connectivity index (χ0v) is 4.10. The van der Waals surface area contributed by atoms with Crippen LogP contribution < -0.4 is 5.43 Å². The standard InChI is InChI=1S/C3H10N2O/c1-4-5(2)3-6/h4,6H,3H2,1-2H3. The Hall–Kier alpha value is -0.120. The topological polar surface area (TPSA) is 35.5 Å². The molecular weight excluding hydrogens is 80.0 g/mol. The van der Waals surface area contributed by atoms with Crippen LogP contribution in [0.1, 0.15) is 0 Å². The van der Waals surface area contributed by atoms with Crippen LogP contribution in [0, 0.1) is 0 Å². The molecule has 0 aliphatic heterocycles. The summed E-state index contributed by atoms with van der Waals surface area (Å²) in [6.45, 7) is 0.0521. The van der Waals surface area contributed by atoms with Crippen molar-refractivity contribution in [1.29, 1.82) is 0 Å². The van der Waals surface area contributed by atoms with Crippen molar-refractivity contribution in [2.75, 3.05) is 20.8 Å². The van der Waals surface area contributed by atoms with Crippen LogP contribution in [0.15, 0.2) is 0 Å². The van der Waals surface area contributed by atoms with E-state index >= 15 is 0 Å². The number of aliphatic hydroxyl groups excluding tert-OH is 1. The van der Waals surface area contributed by atoms with Crippen LogP contribution in [0.25, 0.3) is 0 Å². The lowest BCUT2D eigenvalue weighted by Gasteiger charge is -2.08. The van der Waals surface area contributed by atoms with E-state index in [0.717, 1.165) is 0 Å². The van der Waals surface area contributed by atoms with Crippen molar-refractivity contribution in [2.24, 2.45) is 0 Å². The molecule has 0 aromatic carbocycles. The van der Waals surface area contributed by atoms with Gasteiger partial charge in [0.2, 0.25) is 0 Å². The minimum atomic E-state index is 0.0521. The first-order valence-corrected chi connectivity index (χ1v) is 1.80. The summed E-state index contributed by atoms with van der Waals surface area (Å²) in [7, 11) is 3.50. The summed E-state index contributed by atoms with van der Waals surface area (Å²) in [4.78, 5) is 0. The Morgan fingerprint density at radius 3 is 2.33 bits per heavy atom. The van der Waals surface area contributed by atoms with Gasteiger partial charge in [-0.1, -0.05) is 0 Å². The van der Waals surface area contributed by atoms with Crippen LogP contribution in [-0.2, 0) is 0 Å². The Kier molecular flexibility index (Phi) is 3.02. The number of hydrazine groups is 1. The number of nitrogens with one attached hydrogen (secondary N) is 1. The van der Waals surface area contributed by atoms with Crippen molar-refractivity contribution in [2.45, 2.75) is 0 Å². The Labute approximate surface area is 37.5 Å². The molecular formula is C3H10N2O. The van der Waals surface area contributed by atoms with E-state index in [0.29, 0.717) is 0 Å². The number of rotatable bonds is 2. The molecule has 0 aliphatic carbocycles. The summed E-state index contributed by atoms with van der Waals surface area (Å²) in [5.41, 5.74) is 2.70. The molecule has 0 amide bonds. The van der Waals surface area contributed by atoms with Crippen molar-refractivity contribution >= 4 is 0 Å². The molecule has 38 valence electrons. The lowest BCUT2D eigenvalue weighted by atomic mass is 11.1. The average molecular weight is 90.1 g/mol. The van der Waals surface area contributed by atoms with E-state index < -0.39 is 0 Å². The molecule has 3 heteroatoms. The second-order valence-corrected chi connectivity index (χ2v) is 1.06. The largest absolute Gasteiger partial charge is 0.380 e. The Morgan fingerprint density at radius 2 is 2.33 bits per heavy atom. The summed E-state index contributed by atoms with van der Waals surface area (Å²) in [5.74, 6) is 0. The van der Waals surface area contributed by atoms with Gasteiger partial charge in [-0.3, -0.25) is 5.43 Å². The molecule has 0 saturated heterocycles. The highest BCUT2D eigenvalue weighted by molar-refractivity contribution is 4.19. The monoisotopic (exact) mass is 90.1 g/mol. The second kappa shape index (κ2) is 3.08. The molecule has 3 nitrogen and oxygen atoms in total. The van der Waals surface area contributed by atoms with Crippen LogP contribution in [0.2, 0.25) is 0 Å². The van der Waals surface area contributed by atoms with E-state index in [1.54, 1.807) is 19.1 Å². The van der Waals surface area contributed by atoms with Gasteiger partial charge >= 0.3 is 0 Å². The molecule has 2 N–H and O–H groups in total. The van der Waals surface area contributed by atoms with Crippen molar-refractivity contribution in [1.82, 2.24) is 10.4 Å². The molecule has 0 atom stereocenters. The predicted octanol–water partition coefficient (Wildman–Crippen LogP) is -0.998. The smallest absolute Gasteiger partial charge is 0.108 e. The summed E-state index contributed by atoms with van der Waals surface area (Å²) in [5, 5.41) is 9.75. The number of nitrogens with zero attached hydrogens (tertiary/aromatic N) is 1. The molecule has 0 heterocycles. The summed E-state index contributed by atoms with van der Waals surface area (Å²) in [6, 6.07) is 0. The van der Waals surface area contributed by atoms with Gasteiger partial charge in [0.15, 0.2) is 0 Å². The fourth-order valence-corrected chi connectivity index (χ4v) is 0.0707. The van der Waals surface area contributed by atoms with Crippen molar-refractivity contribution < 1.29 is 5.11 Å². The van der Waals surface area contributed by atoms with Gasteiger partial charge in [0.05, 0.1) is 0 Å². The van der Waals surface area contributed by atoms with E-state index in [2.05, 4.69) is 5.43 Å². The SMILES string of the molecule is CNN(C)CO. The Bertz CT molecular complexity index is 28.0. The second-order valence-electron chi connectivity index (χ2n) is 1.06. The molecule has 0 aromatic heterocycles. The molecule has 0 radical (unpaired) electrons. The molecule has 0 spiro atoms. The minimum absolute atomic E-state index is 0.0521. The van der Waals surface area contributed by atoms with Gasteiger partial charge in [-0.25, -0.2) is 5.01 Å². The molecule has 0 fully saturated rings. The lowest BCUT2D eigenvalue weighted by molar-refractivity contribution is 0.0965. The third-order valence-electron chi connectivity index (χ3n) is 0.594. The van der Waals surface area contributed by atoms with Crippen LogP contribution in [-0.4, -0.2) is 30.9 Å². The van der Waals surface area contributed by atoms with E-state index in [1.165, 1.54) is 0 Å². The van der Waals surface area contributed by atoms with Gasteiger partial charge in [0, 0.05) is 7.05 Å². The first-order valence-electron chi connectivity index (χ1n) is 1.80. The van der Waals surface area contributed by atoms with Gasteiger partial charge in [-0.2, -0.15) is 0 Å². The van der Waals surface area contributed by atoms with Crippen molar-refractivity contribution in [3.63, 3.8) is 0 Å². The first kappa shape index (κ1) is 5.88. The van der Waals surface area contributed by atoms with Gasteiger partial charge < -0.3 is 5.11 Å². The van der Waals surface area contributed by atoms with E-state index in [-0.39, 0.29) is 6.73 Å². The maximum absolute atomic E-state index is 8.20. The summed E-state index contributed by atoms with van der Waals surface area (Å²) < 4.78 is 0. The third kappa shape index (κ3) is 2.14. The normalized spacial score (nSPS) is 10.0. The fourth-order valence-electron chi connectivity index (χ4n) is 0.0707. The quantitative estimate of drug-likeness (QED) is 0.337. The first-order chi connectivity index (χ1) is 2.81. The highest BCUT2D eigenvalue weighted by Gasteiger charge is 1.81. The van der Waals surface area contributed by atoms with E-state index in [9.17, 15) is 0 Å². The number of hydrogen-bond acceptors (Lipinski definition) is 3. The third-order valence-corrected chi connectivity index (χ3v) is 0.594. The molecule has 0 aromatic rings. The molecule has 0 aliphatic rings. The Balaban J connectivity index is 2.75. The van der Waals surface area contributed by atoms with Gasteiger partial charge in [0.25, 0.3) is 0 Å². The van der Waals surface area contributed by atoms with Gasteiger partial charge in [-0.15, -0.1) is 0 Å².